The topological polar surface area (TPSA) is 116 Å². The summed E-state index contributed by atoms with van der Waals surface area (Å²) in [4.78, 5) is 21.9. The van der Waals surface area contributed by atoms with E-state index in [0.29, 0.717) is 11.3 Å². The van der Waals surface area contributed by atoms with E-state index in [-0.39, 0.29) is 18.7 Å². The standard InChI is InChI=1S/C12H13N3O3/c13-7-8-1-3-9(4-2-8)15-11(16)6-5-10(14)12(17)18/h1-4,10H,5-6,14H2,(H,15,16)(H,17,18)/t10-/m0/s1. The van der Waals surface area contributed by atoms with Crippen LogP contribution < -0.4 is 11.1 Å². The number of rotatable bonds is 5. The molecule has 18 heavy (non-hydrogen) atoms. The van der Waals surface area contributed by atoms with Gasteiger partial charge < -0.3 is 16.2 Å². The van der Waals surface area contributed by atoms with Gasteiger partial charge in [-0.2, -0.15) is 5.26 Å². The van der Waals surface area contributed by atoms with E-state index in [1.807, 2.05) is 6.07 Å². The fraction of sp³-hybridized carbons (Fsp3) is 0.250. The average molecular weight is 247 g/mol. The molecule has 6 nitrogen and oxygen atoms in total. The Labute approximate surface area is 104 Å². The van der Waals surface area contributed by atoms with E-state index < -0.39 is 12.0 Å². The molecule has 6 heteroatoms. The summed E-state index contributed by atoms with van der Waals surface area (Å²) in [5.74, 6) is -1.43. The second-order valence-electron chi connectivity index (χ2n) is 3.72. The first kappa shape index (κ1) is 13.7. The van der Waals surface area contributed by atoms with Crippen LogP contribution in [0.5, 0.6) is 0 Å². The number of carbonyl (C=O) groups excluding carboxylic acids is 1. The molecule has 4 N–H and O–H groups in total. The Hall–Kier alpha value is -2.39. The number of carboxylic acids is 1. The predicted molar refractivity (Wildman–Crippen MR) is 64.6 cm³/mol. The third kappa shape index (κ3) is 4.23. The smallest absolute Gasteiger partial charge is 0.320 e. The summed E-state index contributed by atoms with van der Waals surface area (Å²) in [5, 5.41) is 19.7. The van der Waals surface area contributed by atoms with Crippen LogP contribution in [0, 0.1) is 11.3 Å². The number of carboxylic acid groups (broad SMARTS) is 1. The summed E-state index contributed by atoms with van der Waals surface area (Å²) < 4.78 is 0. The first-order chi connectivity index (χ1) is 8.52. The lowest BCUT2D eigenvalue weighted by Gasteiger charge is -2.07. The Morgan fingerprint density at radius 1 is 1.39 bits per heavy atom. The zero-order valence-corrected chi connectivity index (χ0v) is 9.59. The molecule has 94 valence electrons. The van der Waals surface area contributed by atoms with Crippen molar-refractivity contribution in [2.45, 2.75) is 18.9 Å². The molecule has 0 aromatic heterocycles. The van der Waals surface area contributed by atoms with E-state index in [4.69, 9.17) is 16.1 Å². The summed E-state index contributed by atoms with van der Waals surface area (Å²) in [6.45, 7) is 0. The molecule has 0 aliphatic rings. The van der Waals surface area contributed by atoms with Crippen molar-refractivity contribution in [3.63, 3.8) is 0 Å². The van der Waals surface area contributed by atoms with Gasteiger partial charge in [-0.05, 0) is 30.7 Å². The second-order valence-corrected chi connectivity index (χ2v) is 3.72. The average Bonchev–Trinajstić information content (AvgIpc) is 2.36. The SMILES string of the molecule is N#Cc1ccc(NC(=O)CC[C@H](N)C(=O)O)cc1. The van der Waals surface area contributed by atoms with E-state index in [1.165, 1.54) is 0 Å². The number of nitriles is 1. The second kappa shape index (κ2) is 6.37. The van der Waals surface area contributed by atoms with E-state index in [0.717, 1.165) is 0 Å². The van der Waals surface area contributed by atoms with Crippen molar-refractivity contribution in [3.05, 3.63) is 29.8 Å². The number of nitrogens with one attached hydrogen (secondary N) is 1. The van der Waals surface area contributed by atoms with Crippen molar-refractivity contribution in [2.24, 2.45) is 5.73 Å². The number of aliphatic carboxylic acids is 1. The molecule has 0 unspecified atom stereocenters. The van der Waals surface area contributed by atoms with Crippen LogP contribution in [0.4, 0.5) is 5.69 Å². The minimum atomic E-state index is -1.12. The van der Waals surface area contributed by atoms with Crippen LogP contribution >= 0.6 is 0 Å². The Kier molecular flexibility index (Phi) is 4.84. The van der Waals surface area contributed by atoms with Crippen molar-refractivity contribution >= 4 is 17.6 Å². The molecule has 1 rings (SSSR count). The molecule has 1 aromatic rings. The van der Waals surface area contributed by atoms with Gasteiger partial charge in [0.25, 0.3) is 0 Å². The molecule has 0 heterocycles. The van der Waals surface area contributed by atoms with Crippen molar-refractivity contribution in [3.8, 4) is 6.07 Å². The summed E-state index contributed by atoms with van der Waals surface area (Å²) in [6.07, 6.45) is 0.116. The van der Waals surface area contributed by atoms with Gasteiger partial charge in [0.15, 0.2) is 0 Å². The van der Waals surface area contributed by atoms with Crippen molar-refractivity contribution < 1.29 is 14.7 Å². The highest BCUT2D eigenvalue weighted by Crippen LogP contribution is 2.09. The molecule has 0 radical (unpaired) electrons. The number of anilines is 1. The Morgan fingerprint density at radius 3 is 2.50 bits per heavy atom. The highest BCUT2D eigenvalue weighted by atomic mass is 16.4. The molecule has 0 bridgehead atoms. The fourth-order valence-corrected chi connectivity index (χ4v) is 1.26. The Morgan fingerprint density at radius 2 is 2.00 bits per heavy atom. The van der Waals surface area contributed by atoms with E-state index in [2.05, 4.69) is 5.32 Å². The normalized spacial score (nSPS) is 11.3. The molecule has 0 aliphatic carbocycles. The van der Waals surface area contributed by atoms with Gasteiger partial charge >= 0.3 is 5.97 Å². The van der Waals surface area contributed by atoms with Crippen LogP contribution in [0.25, 0.3) is 0 Å². The maximum atomic E-state index is 11.5. The molecule has 0 saturated heterocycles. The Balaban J connectivity index is 2.45. The first-order valence-corrected chi connectivity index (χ1v) is 5.31. The molecule has 1 atom stereocenters. The van der Waals surface area contributed by atoms with Crippen LogP contribution in [0.2, 0.25) is 0 Å². The predicted octanol–water partition coefficient (Wildman–Crippen LogP) is 0.689. The van der Waals surface area contributed by atoms with Crippen LogP contribution in [-0.4, -0.2) is 23.0 Å². The molecule has 0 fully saturated rings. The number of carbonyl (C=O) groups is 2. The van der Waals surface area contributed by atoms with Crippen LogP contribution in [0.15, 0.2) is 24.3 Å². The lowest BCUT2D eigenvalue weighted by Crippen LogP contribution is -2.31. The van der Waals surface area contributed by atoms with E-state index >= 15 is 0 Å². The largest absolute Gasteiger partial charge is 0.480 e. The van der Waals surface area contributed by atoms with Gasteiger partial charge in [0.1, 0.15) is 6.04 Å². The maximum Gasteiger partial charge on any atom is 0.320 e. The highest BCUT2D eigenvalue weighted by molar-refractivity contribution is 5.91. The number of hydrogen-bond acceptors (Lipinski definition) is 4. The minimum Gasteiger partial charge on any atom is -0.480 e. The van der Waals surface area contributed by atoms with E-state index in [1.54, 1.807) is 24.3 Å². The van der Waals surface area contributed by atoms with Crippen molar-refractivity contribution in [1.29, 1.82) is 5.26 Å². The van der Waals surface area contributed by atoms with Gasteiger partial charge in [0.2, 0.25) is 5.91 Å². The van der Waals surface area contributed by atoms with Crippen molar-refractivity contribution in [2.75, 3.05) is 5.32 Å². The number of nitrogens with two attached hydrogens (primary N) is 1. The quantitative estimate of drug-likeness (QED) is 0.707. The van der Waals surface area contributed by atoms with Gasteiger partial charge in [-0.1, -0.05) is 0 Å². The van der Waals surface area contributed by atoms with Crippen LogP contribution in [0.3, 0.4) is 0 Å². The van der Waals surface area contributed by atoms with E-state index in [9.17, 15) is 9.59 Å². The highest BCUT2D eigenvalue weighted by Gasteiger charge is 2.13. The molecule has 0 saturated carbocycles. The number of benzene rings is 1. The summed E-state index contributed by atoms with van der Waals surface area (Å²) >= 11 is 0. The van der Waals surface area contributed by atoms with Gasteiger partial charge in [-0.15, -0.1) is 0 Å². The Bertz CT molecular complexity index is 476. The van der Waals surface area contributed by atoms with Crippen molar-refractivity contribution in [1.82, 2.24) is 0 Å². The number of amides is 1. The summed E-state index contributed by atoms with van der Waals surface area (Å²) in [6, 6.07) is 7.31. The van der Waals surface area contributed by atoms with Gasteiger partial charge in [0, 0.05) is 12.1 Å². The maximum absolute atomic E-state index is 11.5. The van der Waals surface area contributed by atoms with Crippen LogP contribution in [0.1, 0.15) is 18.4 Å². The molecule has 1 aromatic carbocycles. The summed E-state index contributed by atoms with van der Waals surface area (Å²) in [5.41, 5.74) is 6.34. The molecule has 0 spiro atoms. The first-order valence-electron chi connectivity index (χ1n) is 5.31. The number of nitrogens with zero attached hydrogens (tertiary/aromatic N) is 1. The van der Waals surface area contributed by atoms with Gasteiger partial charge in [-0.3, -0.25) is 9.59 Å². The lowest BCUT2D eigenvalue weighted by atomic mass is 10.1. The third-order valence-electron chi connectivity index (χ3n) is 2.30. The molecular formula is C12H13N3O3. The molecule has 1 amide bonds. The van der Waals surface area contributed by atoms with Crippen LogP contribution in [-0.2, 0) is 9.59 Å². The monoisotopic (exact) mass is 247 g/mol. The number of hydrogen-bond donors (Lipinski definition) is 3. The molecule has 0 aliphatic heterocycles. The lowest BCUT2D eigenvalue weighted by molar-refractivity contribution is -0.138. The summed E-state index contributed by atoms with van der Waals surface area (Å²) in [7, 11) is 0. The fourth-order valence-electron chi connectivity index (χ4n) is 1.26. The molecular weight excluding hydrogens is 234 g/mol. The minimum absolute atomic E-state index is 0.0352. The third-order valence-corrected chi connectivity index (χ3v) is 2.30. The zero-order valence-electron chi connectivity index (χ0n) is 9.59. The van der Waals surface area contributed by atoms with Gasteiger partial charge in [-0.25, -0.2) is 0 Å². The van der Waals surface area contributed by atoms with Gasteiger partial charge in [0.05, 0.1) is 11.6 Å². The zero-order chi connectivity index (χ0) is 13.5.